The highest BCUT2D eigenvalue weighted by Crippen LogP contribution is 2.29. The van der Waals surface area contributed by atoms with Gasteiger partial charge in [-0.15, -0.1) is 0 Å². The lowest BCUT2D eigenvalue weighted by atomic mass is 9.81. The van der Waals surface area contributed by atoms with Crippen molar-refractivity contribution in [1.29, 1.82) is 0 Å². The number of hydrogen-bond donors (Lipinski definition) is 4. The van der Waals surface area contributed by atoms with Gasteiger partial charge in [0.2, 0.25) is 5.91 Å². The second kappa shape index (κ2) is 6.82. The van der Waals surface area contributed by atoms with E-state index in [0.29, 0.717) is 25.0 Å². The minimum Gasteiger partial charge on any atom is -0.367 e. The lowest BCUT2D eigenvalue weighted by molar-refractivity contribution is -0.123. The van der Waals surface area contributed by atoms with Gasteiger partial charge < -0.3 is 10.6 Å². The van der Waals surface area contributed by atoms with Crippen LogP contribution < -0.4 is 21.5 Å². The van der Waals surface area contributed by atoms with Gasteiger partial charge in [-0.3, -0.25) is 15.2 Å². The molecule has 114 valence electrons. The molecule has 0 bridgehead atoms. The Hall–Kier alpha value is -1.73. The number of hydrogen-bond acceptors (Lipinski definition) is 6. The first-order valence-electron chi connectivity index (χ1n) is 7.63. The fourth-order valence-electron chi connectivity index (χ4n) is 3.18. The topological polar surface area (TPSA) is 91.0 Å². The van der Waals surface area contributed by atoms with Crippen LogP contribution in [0.15, 0.2) is 18.6 Å². The fraction of sp³-hybridized carbons (Fsp3) is 0.643. The molecule has 3 unspecified atom stereocenters. The molecule has 1 saturated heterocycles. The minimum atomic E-state index is -0.105. The number of aromatic nitrogens is 2. The second-order valence-corrected chi connectivity index (χ2v) is 5.63. The van der Waals surface area contributed by atoms with Gasteiger partial charge in [-0.25, -0.2) is 10.4 Å². The average Bonchev–Trinajstić information content (AvgIpc) is 2.96. The normalized spacial score (nSPS) is 27.9. The Morgan fingerprint density at radius 3 is 3.00 bits per heavy atom. The predicted octanol–water partition coefficient (Wildman–Crippen LogP) is 0.0399. The third kappa shape index (κ3) is 3.48. The molecule has 1 aliphatic carbocycles. The maximum Gasteiger partial charge on any atom is 0.238 e. The molecule has 4 N–H and O–H groups in total. The summed E-state index contributed by atoms with van der Waals surface area (Å²) in [5.41, 5.74) is 6.41. The summed E-state index contributed by atoms with van der Waals surface area (Å²) in [7, 11) is 0. The van der Waals surface area contributed by atoms with Crippen molar-refractivity contribution in [1.82, 2.24) is 26.1 Å². The van der Waals surface area contributed by atoms with Crippen LogP contribution in [-0.4, -0.2) is 41.0 Å². The number of rotatable bonds is 5. The Morgan fingerprint density at radius 2 is 2.14 bits per heavy atom. The Kier molecular flexibility index (Phi) is 4.62. The maximum atomic E-state index is 12.2. The first kappa shape index (κ1) is 14.2. The van der Waals surface area contributed by atoms with Crippen molar-refractivity contribution in [2.24, 2.45) is 5.92 Å². The monoisotopic (exact) mass is 290 g/mol. The first-order valence-corrected chi connectivity index (χ1v) is 7.63. The highest BCUT2D eigenvalue weighted by molar-refractivity contribution is 5.82. The summed E-state index contributed by atoms with van der Waals surface area (Å²) < 4.78 is 0. The summed E-state index contributed by atoms with van der Waals surface area (Å²) in [5, 5.41) is 6.10. The molecule has 1 aromatic heterocycles. The molecule has 7 nitrogen and oxygen atoms in total. The van der Waals surface area contributed by atoms with E-state index in [-0.39, 0.29) is 11.9 Å². The van der Waals surface area contributed by atoms with Gasteiger partial charge in [0.1, 0.15) is 11.9 Å². The number of nitrogens with zero attached hydrogens (tertiary/aromatic N) is 2. The molecule has 3 atom stereocenters. The largest absolute Gasteiger partial charge is 0.367 e. The van der Waals surface area contributed by atoms with Gasteiger partial charge >= 0.3 is 0 Å². The minimum absolute atomic E-state index is 0.0813. The predicted molar refractivity (Wildman–Crippen MR) is 79.3 cm³/mol. The Morgan fingerprint density at radius 1 is 1.24 bits per heavy atom. The van der Waals surface area contributed by atoms with E-state index in [2.05, 4.69) is 31.5 Å². The summed E-state index contributed by atoms with van der Waals surface area (Å²) in [6.45, 7) is 1.21. The maximum absolute atomic E-state index is 12.2. The number of nitrogens with one attached hydrogen (secondary N) is 4. The van der Waals surface area contributed by atoms with Crippen molar-refractivity contribution in [3.63, 3.8) is 0 Å². The molecule has 21 heavy (non-hydrogen) atoms. The molecule has 3 rings (SSSR count). The highest BCUT2D eigenvalue weighted by atomic mass is 16.2. The van der Waals surface area contributed by atoms with Crippen LogP contribution in [0, 0.1) is 5.92 Å². The molecule has 1 aromatic rings. The van der Waals surface area contributed by atoms with Gasteiger partial charge in [0, 0.05) is 37.4 Å². The third-order valence-electron chi connectivity index (χ3n) is 4.25. The number of amides is 1. The molecule has 1 saturated carbocycles. The number of carbonyl (C=O) groups is 1. The van der Waals surface area contributed by atoms with Gasteiger partial charge in [0.05, 0.1) is 6.20 Å². The lowest BCUT2D eigenvalue weighted by Gasteiger charge is -2.26. The molecular formula is C14H22N6O. The third-order valence-corrected chi connectivity index (χ3v) is 4.25. The van der Waals surface area contributed by atoms with E-state index >= 15 is 0 Å². The molecule has 7 heteroatoms. The summed E-state index contributed by atoms with van der Waals surface area (Å²) >= 11 is 0. The fourth-order valence-corrected chi connectivity index (χ4v) is 3.18. The molecule has 2 aliphatic rings. The average molecular weight is 290 g/mol. The van der Waals surface area contributed by atoms with Crippen molar-refractivity contribution < 1.29 is 4.79 Å². The number of hydrazine groups is 1. The van der Waals surface area contributed by atoms with E-state index in [4.69, 9.17) is 0 Å². The van der Waals surface area contributed by atoms with Gasteiger partial charge in [-0.1, -0.05) is 12.8 Å². The molecule has 1 amide bonds. The van der Waals surface area contributed by atoms with Crippen molar-refractivity contribution in [3.8, 4) is 0 Å². The lowest BCUT2D eigenvalue weighted by Crippen LogP contribution is -2.46. The second-order valence-electron chi connectivity index (χ2n) is 5.63. The molecular weight excluding hydrogens is 268 g/mol. The summed E-state index contributed by atoms with van der Waals surface area (Å²) in [5.74, 6) is 1.23. The van der Waals surface area contributed by atoms with Crippen LogP contribution in [0.3, 0.4) is 0 Å². The quantitative estimate of drug-likeness (QED) is 0.572. The molecule has 0 radical (unpaired) electrons. The Balaban J connectivity index is 1.40. The van der Waals surface area contributed by atoms with Gasteiger partial charge in [-0.2, -0.15) is 0 Å². The van der Waals surface area contributed by atoms with Gasteiger partial charge in [-0.05, 0) is 12.8 Å². The number of carbonyl (C=O) groups excluding carboxylic acids is 1. The Bertz CT molecular complexity index is 468. The van der Waals surface area contributed by atoms with Crippen LogP contribution in [0.1, 0.15) is 25.7 Å². The standard InChI is InChI=1S/C14H22N6O/c21-14(13-10-3-1-2-4-11(10)19-20-13)18-8-7-17-12-9-15-5-6-16-12/h5-6,9-11,13,19-20H,1-4,7-8H2,(H,16,17)(H,18,21). The molecule has 2 fully saturated rings. The molecule has 2 heterocycles. The van der Waals surface area contributed by atoms with E-state index in [1.165, 1.54) is 12.8 Å². The SMILES string of the molecule is O=C(NCCNc1cnccn1)C1NNC2CCCCC21. The van der Waals surface area contributed by atoms with Crippen LogP contribution in [0.25, 0.3) is 0 Å². The highest BCUT2D eigenvalue weighted by Gasteiger charge is 2.40. The van der Waals surface area contributed by atoms with Gasteiger partial charge in [0.15, 0.2) is 0 Å². The molecule has 1 aliphatic heterocycles. The van der Waals surface area contributed by atoms with Crippen molar-refractivity contribution in [2.45, 2.75) is 37.8 Å². The number of fused-ring (bicyclic) bond motifs is 1. The van der Waals surface area contributed by atoms with Gasteiger partial charge in [0.25, 0.3) is 0 Å². The zero-order valence-corrected chi connectivity index (χ0v) is 12.0. The van der Waals surface area contributed by atoms with Crippen LogP contribution in [0.4, 0.5) is 5.82 Å². The summed E-state index contributed by atoms with van der Waals surface area (Å²) in [4.78, 5) is 20.3. The van der Waals surface area contributed by atoms with E-state index in [1.54, 1.807) is 18.6 Å². The van der Waals surface area contributed by atoms with Crippen molar-refractivity contribution in [3.05, 3.63) is 18.6 Å². The van der Waals surface area contributed by atoms with E-state index in [1.807, 2.05) is 0 Å². The molecule has 0 aromatic carbocycles. The zero-order chi connectivity index (χ0) is 14.5. The first-order chi connectivity index (χ1) is 10.3. The van der Waals surface area contributed by atoms with E-state index in [9.17, 15) is 4.79 Å². The van der Waals surface area contributed by atoms with E-state index < -0.39 is 0 Å². The zero-order valence-electron chi connectivity index (χ0n) is 12.0. The van der Waals surface area contributed by atoms with Crippen LogP contribution in [0.2, 0.25) is 0 Å². The summed E-state index contributed by atoms with van der Waals surface area (Å²) in [6.07, 6.45) is 9.70. The smallest absolute Gasteiger partial charge is 0.238 e. The number of anilines is 1. The summed E-state index contributed by atoms with van der Waals surface area (Å²) in [6, 6.07) is 0.346. The van der Waals surface area contributed by atoms with Crippen LogP contribution >= 0.6 is 0 Å². The van der Waals surface area contributed by atoms with Crippen LogP contribution in [-0.2, 0) is 4.79 Å². The van der Waals surface area contributed by atoms with Crippen molar-refractivity contribution in [2.75, 3.05) is 18.4 Å². The van der Waals surface area contributed by atoms with Crippen LogP contribution in [0.5, 0.6) is 0 Å². The van der Waals surface area contributed by atoms with Crippen molar-refractivity contribution >= 4 is 11.7 Å². The Labute approximate surface area is 124 Å². The molecule has 0 spiro atoms. The van der Waals surface area contributed by atoms with E-state index in [0.717, 1.165) is 18.7 Å².